The van der Waals surface area contributed by atoms with Crippen LogP contribution in [-0.2, 0) is 0 Å². The summed E-state index contributed by atoms with van der Waals surface area (Å²) in [4.78, 5) is 8.67. The van der Waals surface area contributed by atoms with Crippen LogP contribution in [0.15, 0.2) is 6.20 Å². The van der Waals surface area contributed by atoms with E-state index in [-0.39, 0.29) is 0 Å². The van der Waals surface area contributed by atoms with Crippen molar-refractivity contribution in [2.45, 2.75) is 32.4 Å². The van der Waals surface area contributed by atoms with Gasteiger partial charge in [-0.15, -0.1) is 0 Å². The molecule has 1 aromatic heterocycles. The number of rotatable bonds is 7. The molecule has 4 nitrogen and oxygen atoms in total. The lowest BCUT2D eigenvalue weighted by Crippen LogP contribution is -2.11. The molecule has 0 bridgehead atoms. The zero-order valence-electron chi connectivity index (χ0n) is 11.1. The molecule has 0 aliphatic heterocycles. The van der Waals surface area contributed by atoms with E-state index in [0.29, 0.717) is 11.2 Å². The summed E-state index contributed by atoms with van der Waals surface area (Å²) in [7, 11) is 0. The molecule has 0 aliphatic carbocycles. The Hall–Kier alpha value is -0.970. The molecule has 0 fully saturated rings. The highest BCUT2D eigenvalue weighted by atomic mass is 32.2. The van der Waals surface area contributed by atoms with Crippen LogP contribution in [-0.4, -0.2) is 34.6 Å². The second-order valence-corrected chi connectivity index (χ2v) is 5.29. The second kappa shape index (κ2) is 7.37. The summed E-state index contributed by atoms with van der Waals surface area (Å²) in [5.41, 5.74) is 1.09. The monoisotopic (exact) mass is 254 g/mol. The fraction of sp³-hybridized carbons (Fsp3) is 0.667. The van der Waals surface area contributed by atoms with Crippen molar-refractivity contribution >= 4 is 23.5 Å². The molecular formula is C12H22N4S. The van der Waals surface area contributed by atoms with Crippen molar-refractivity contribution in [1.82, 2.24) is 9.97 Å². The minimum Gasteiger partial charge on any atom is -0.370 e. The first-order chi connectivity index (χ1) is 8.17. The Morgan fingerprint density at radius 2 is 2.18 bits per heavy atom. The molecule has 5 heteroatoms. The van der Waals surface area contributed by atoms with Crippen LogP contribution in [0, 0.1) is 6.92 Å². The summed E-state index contributed by atoms with van der Waals surface area (Å²) in [6.45, 7) is 8.09. The predicted molar refractivity (Wildman–Crippen MR) is 77.0 cm³/mol. The van der Waals surface area contributed by atoms with E-state index in [4.69, 9.17) is 0 Å². The number of thioether (sulfide) groups is 1. The van der Waals surface area contributed by atoms with Gasteiger partial charge in [-0.3, -0.25) is 0 Å². The highest BCUT2D eigenvalue weighted by Crippen LogP contribution is 2.14. The van der Waals surface area contributed by atoms with Gasteiger partial charge in [-0.25, -0.2) is 4.98 Å². The van der Waals surface area contributed by atoms with E-state index < -0.39 is 0 Å². The van der Waals surface area contributed by atoms with Crippen LogP contribution in [0.4, 0.5) is 11.8 Å². The molecule has 0 saturated heterocycles. The van der Waals surface area contributed by atoms with Gasteiger partial charge in [0.25, 0.3) is 0 Å². The quantitative estimate of drug-likeness (QED) is 0.783. The number of nitrogens with zero attached hydrogens (tertiary/aromatic N) is 2. The first kappa shape index (κ1) is 14.1. The Morgan fingerprint density at radius 3 is 2.82 bits per heavy atom. The molecule has 17 heavy (non-hydrogen) atoms. The SMILES string of the molecule is CCNc1ncc(C)c(NCCC(C)SC)n1. The minimum atomic E-state index is 0.679. The number of anilines is 2. The molecule has 1 heterocycles. The van der Waals surface area contributed by atoms with Gasteiger partial charge in [0.2, 0.25) is 5.95 Å². The number of nitrogens with one attached hydrogen (secondary N) is 2. The predicted octanol–water partition coefficient (Wildman–Crippen LogP) is 2.77. The Balaban J connectivity index is 2.54. The van der Waals surface area contributed by atoms with Crippen molar-refractivity contribution < 1.29 is 0 Å². The Labute approximate surface area is 108 Å². The molecule has 0 amide bonds. The third-order valence-corrected chi connectivity index (χ3v) is 3.59. The lowest BCUT2D eigenvalue weighted by molar-refractivity contribution is 0.847. The van der Waals surface area contributed by atoms with Crippen LogP contribution >= 0.6 is 11.8 Å². The highest BCUT2D eigenvalue weighted by Gasteiger charge is 2.04. The largest absolute Gasteiger partial charge is 0.370 e. The van der Waals surface area contributed by atoms with Crippen molar-refractivity contribution in [2.24, 2.45) is 0 Å². The number of hydrogen-bond acceptors (Lipinski definition) is 5. The molecule has 0 aromatic carbocycles. The Bertz CT molecular complexity index is 343. The molecule has 1 atom stereocenters. The summed E-state index contributed by atoms with van der Waals surface area (Å²) in [6, 6.07) is 0. The van der Waals surface area contributed by atoms with Crippen LogP contribution in [0.3, 0.4) is 0 Å². The first-order valence-corrected chi connectivity index (χ1v) is 7.30. The van der Waals surface area contributed by atoms with E-state index in [2.05, 4.69) is 33.8 Å². The van der Waals surface area contributed by atoms with Crippen molar-refractivity contribution in [3.8, 4) is 0 Å². The molecular weight excluding hydrogens is 232 g/mol. The van der Waals surface area contributed by atoms with Crippen LogP contribution in [0.5, 0.6) is 0 Å². The summed E-state index contributed by atoms with van der Waals surface area (Å²) < 4.78 is 0. The van der Waals surface area contributed by atoms with E-state index in [1.54, 1.807) is 0 Å². The van der Waals surface area contributed by atoms with Crippen LogP contribution < -0.4 is 10.6 Å². The Kier molecular flexibility index (Phi) is 6.11. The highest BCUT2D eigenvalue weighted by molar-refractivity contribution is 7.99. The third kappa shape index (κ3) is 4.81. The van der Waals surface area contributed by atoms with Crippen molar-refractivity contribution in [2.75, 3.05) is 30.0 Å². The standard InChI is InChI=1S/C12H22N4S/c1-5-13-12-15-8-9(2)11(16-12)14-7-6-10(3)17-4/h8,10H,5-7H2,1-4H3,(H2,13,14,15,16). The molecule has 1 rings (SSSR count). The molecule has 0 saturated carbocycles. The van der Waals surface area contributed by atoms with E-state index in [1.807, 2.05) is 31.8 Å². The molecule has 1 aromatic rings. The lowest BCUT2D eigenvalue weighted by atomic mass is 10.3. The maximum atomic E-state index is 4.44. The average molecular weight is 254 g/mol. The molecule has 1 unspecified atom stereocenters. The average Bonchev–Trinajstić information content (AvgIpc) is 2.33. The minimum absolute atomic E-state index is 0.679. The molecule has 0 aliphatic rings. The topological polar surface area (TPSA) is 49.8 Å². The van der Waals surface area contributed by atoms with Crippen molar-refractivity contribution in [3.63, 3.8) is 0 Å². The smallest absolute Gasteiger partial charge is 0.224 e. The van der Waals surface area contributed by atoms with Crippen molar-refractivity contribution in [3.05, 3.63) is 11.8 Å². The summed E-state index contributed by atoms with van der Waals surface area (Å²) in [6.07, 6.45) is 5.14. The van der Waals surface area contributed by atoms with E-state index in [0.717, 1.165) is 30.9 Å². The molecule has 0 radical (unpaired) electrons. The van der Waals surface area contributed by atoms with E-state index in [9.17, 15) is 0 Å². The fourth-order valence-electron chi connectivity index (χ4n) is 1.38. The number of hydrogen-bond donors (Lipinski definition) is 2. The van der Waals surface area contributed by atoms with Crippen LogP contribution in [0.1, 0.15) is 25.8 Å². The van der Waals surface area contributed by atoms with Gasteiger partial charge in [-0.1, -0.05) is 6.92 Å². The van der Waals surface area contributed by atoms with Gasteiger partial charge in [0.05, 0.1) is 0 Å². The van der Waals surface area contributed by atoms with Crippen LogP contribution in [0.2, 0.25) is 0 Å². The summed E-state index contributed by atoms with van der Waals surface area (Å²) in [5, 5.41) is 7.17. The van der Waals surface area contributed by atoms with Gasteiger partial charge in [0, 0.05) is 30.1 Å². The van der Waals surface area contributed by atoms with Crippen LogP contribution in [0.25, 0.3) is 0 Å². The fourth-order valence-corrected chi connectivity index (χ4v) is 1.73. The summed E-state index contributed by atoms with van der Waals surface area (Å²) >= 11 is 1.89. The van der Waals surface area contributed by atoms with Gasteiger partial charge in [0.15, 0.2) is 0 Å². The number of aromatic nitrogens is 2. The lowest BCUT2D eigenvalue weighted by Gasteiger charge is -2.12. The molecule has 0 spiro atoms. The summed E-state index contributed by atoms with van der Waals surface area (Å²) in [5.74, 6) is 1.63. The first-order valence-electron chi connectivity index (χ1n) is 6.01. The van der Waals surface area contributed by atoms with Gasteiger partial charge < -0.3 is 10.6 Å². The third-order valence-electron chi connectivity index (χ3n) is 2.55. The van der Waals surface area contributed by atoms with Gasteiger partial charge in [-0.2, -0.15) is 16.7 Å². The normalized spacial score (nSPS) is 12.2. The zero-order valence-corrected chi connectivity index (χ0v) is 11.9. The maximum Gasteiger partial charge on any atom is 0.224 e. The van der Waals surface area contributed by atoms with Gasteiger partial charge in [0.1, 0.15) is 5.82 Å². The van der Waals surface area contributed by atoms with E-state index in [1.165, 1.54) is 0 Å². The Morgan fingerprint density at radius 1 is 1.41 bits per heavy atom. The molecule has 96 valence electrons. The van der Waals surface area contributed by atoms with Gasteiger partial charge in [-0.05, 0) is 26.5 Å². The van der Waals surface area contributed by atoms with E-state index >= 15 is 0 Å². The number of aryl methyl sites for hydroxylation is 1. The maximum absolute atomic E-state index is 4.44. The van der Waals surface area contributed by atoms with Gasteiger partial charge >= 0.3 is 0 Å². The molecule has 2 N–H and O–H groups in total. The van der Waals surface area contributed by atoms with Crippen molar-refractivity contribution in [1.29, 1.82) is 0 Å². The second-order valence-electron chi connectivity index (χ2n) is 4.02. The zero-order chi connectivity index (χ0) is 12.7.